The molecule has 1 aliphatic rings. The van der Waals surface area contributed by atoms with Gasteiger partial charge in [-0.15, -0.1) is 10.2 Å². The highest BCUT2D eigenvalue weighted by Gasteiger charge is 2.20. The first-order chi connectivity index (χ1) is 15.7. The van der Waals surface area contributed by atoms with Gasteiger partial charge in [-0.25, -0.2) is 4.68 Å². The number of nitrogens with zero attached hydrogens (tertiary/aromatic N) is 5. The van der Waals surface area contributed by atoms with Crippen LogP contribution < -0.4 is 5.32 Å². The number of carbonyl (C=O) groups excluding carboxylic acids is 1. The van der Waals surface area contributed by atoms with E-state index in [1.807, 2.05) is 42.5 Å². The minimum Gasteiger partial charge on any atom is -0.345 e. The lowest BCUT2D eigenvalue weighted by molar-refractivity contribution is 0.0950. The number of aromatic nitrogens is 5. The molecule has 0 atom stereocenters. The Bertz CT molecular complexity index is 1230. The van der Waals surface area contributed by atoms with Crippen LogP contribution in [-0.4, -0.2) is 30.5 Å². The van der Waals surface area contributed by atoms with Gasteiger partial charge in [-0.2, -0.15) is 5.10 Å². The predicted octanol–water partition coefficient (Wildman–Crippen LogP) is 4.44. The van der Waals surface area contributed by atoms with E-state index in [4.69, 9.17) is 16.7 Å². The van der Waals surface area contributed by atoms with Gasteiger partial charge in [-0.1, -0.05) is 48.4 Å². The van der Waals surface area contributed by atoms with Crippen LogP contribution in [-0.2, 0) is 19.5 Å². The molecule has 1 amide bonds. The molecule has 1 aliphatic heterocycles. The molecule has 0 unspecified atom stereocenters. The molecular weight excluding hydrogens is 424 g/mol. The van der Waals surface area contributed by atoms with E-state index in [0.717, 1.165) is 48.7 Å². The fourth-order valence-corrected chi connectivity index (χ4v) is 4.13. The summed E-state index contributed by atoms with van der Waals surface area (Å²) in [5.41, 5.74) is 2.80. The van der Waals surface area contributed by atoms with E-state index < -0.39 is 0 Å². The normalized spacial score (nSPS) is 13.4. The minimum absolute atomic E-state index is 0.205. The maximum Gasteiger partial charge on any atom is 0.255 e. The van der Waals surface area contributed by atoms with Gasteiger partial charge in [0.1, 0.15) is 11.5 Å². The standard InChI is InChI=1S/C24H23ClN6O/c25-18-12-10-17(11-13-18)23-20(16-31(29-23)19-7-3-1-4-8-19)24(32)26-15-22-28-27-21-9-5-2-6-14-30(21)22/h1,3-4,7-8,10-13,16H,2,5-6,9,14-15H2,(H,26,32). The fourth-order valence-electron chi connectivity index (χ4n) is 4.00. The fraction of sp³-hybridized carbons (Fsp3) is 0.250. The molecule has 0 fully saturated rings. The van der Waals surface area contributed by atoms with Gasteiger partial charge >= 0.3 is 0 Å². The van der Waals surface area contributed by atoms with Gasteiger partial charge in [0.25, 0.3) is 5.91 Å². The number of fused-ring (bicyclic) bond motifs is 1. The Morgan fingerprint density at radius 1 is 1.00 bits per heavy atom. The number of hydrogen-bond donors (Lipinski definition) is 1. The number of halogens is 1. The summed E-state index contributed by atoms with van der Waals surface area (Å²) >= 11 is 6.06. The first-order valence-electron chi connectivity index (χ1n) is 10.8. The molecule has 32 heavy (non-hydrogen) atoms. The molecule has 2 aromatic carbocycles. The summed E-state index contributed by atoms with van der Waals surface area (Å²) in [6.45, 7) is 1.22. The molecule has 5 rings (SSSR count). The Hall–Kier alpha value is -3.45. The molecular formula is C24H23ClN6O. The van der Waals surface area contributed by atoms with E-state index >= 15 is 0 Å². The van der Waals surface area contributed by atoms with Crippen LogP contribution in [0.2, 0.25) is 5.02 Å². The largest absolute Gasteiger partial charge is 0.345 e. The molecule has 3 heterocycles. The van der Waals surface area contributed by atoms with Gasteiger partial charge in [0.15, 0.2) is 5.82 Å². The summed E-state index contributed by atoms with van der Waals surface area (Å²) in [6.07, 6.45) is 6.13. The number of amides is 1. The third-order valence-corrected chi connectivity index (χ3v) is 5.94. The van der Waals surface area contributed by atoms with Gasteiger partial charge in [-0.3, -0.25) is 4.79 Å². The number of rotatable bonds is 5. The zero-order valence-corrected chi connectivity index (χ0v) is 18.3. The van der Waals surface area contributed by atoms with E-state index in [1.165, 1.54) is 6.42 Å². The van der Waals surface area contributed by atoms with Crippen molar-refractivity contribution in [2.24, 2.45) is 0 Å². The summed E-state index contributed by atoms with van der Waals surface area (Å²) in [5, 5.41) is 17.0. The Labute approximate surface area is 191 Å². The summed E-state index contributed by atoms with van der Waals surface area (Å²) in [6, 6.07) is 17.1. The summed E-state index contributed by atoms with van der Waals surface area (Å²) in [7, 11) is 0. The Kier molecular flexibility index (Phi) is 5.73. The molecule has 0 aliphatic carbocycles. The second kappa shape index (κ2) is 8.96. The van der Waals surface area contributed by atoms with Crippen molar-refractivity contribution in [2.75, 3.05) is 0 Å². The van der Waals surface area contributed by atoms with Crippen LogP contribution in [0, 0.1) is 0 Å². The SMILES string of the molecule is O=C(NCc1nnc2n1CCCCC2)c1cn(-c2ccccc2)nc1-c1ccc(Cl)cc1. The third-order valence-electron chi connectivity index (χ3n) is 5.69. The summed E-state index contributed by atoms with van der Waals surface area (Å²) in [4.78, 5) is 13.2. The molecule has 7 nitrogen and oxygen atoms in total. The van der Waals surface area contributed by atoms with Gasteiger partial charge in [0, 0.05) is 29.7 Å². The van der Waals surface area contributed by atoms with Crippen molar-refractivity contribution in [1.82, 2.24) is 29.9 Å². The average molecular weight is 447 g/mol. The zero-order valence-electron chi connectivity index (χ0n) is 17.5. The van der Waals surface area contributed by atoms with E-state index in [1.54, 1.807) is 23.0 Å². The lowest BCUT2D eigenvalue weighted by atomic mass is 10.1. The number of nitrogens with one attached hydrogen (secondary N) is 1. The van der Waals surface area contributed by atoms with Crippen molar-refractivity contribution in [1.29, 1.82) is 0 Å². The highest BCUT2D eigenvalue weighted by atomic mass is 35.5. The zero-order chi connectivity index (χ0) is 21.9. The number of benzene rings is 2. The molecule has 0 radical (unpaired) electrons. The minimum atomic E-state index is -0.205. The van der Waals surface area contributed by atoms with Gasteiger partial charge < -0.3 is 9.88 Å². The smallest absolute Gasteiger partial charge is 0.255 e. The number of carbonyl (C=O) groups is 1. The highest BCUT2D eigenvalue weighted by molar-refractivity contribution is 6.30. The highest BCUT2D eigenvalue weighted by Crippen LogP contribution is 2.25. The van der Waals surface area contributed by atoms with Crippen LogP contribution in [0.4, 0.5) is 0 Å². The first-order valence-corrected chi connectivity index (χ1v) is 11.2. The van der Waals surface area contributed by atoms with Gasteiger partial charge in [0.05, 0.1) is 17.8 Å². The van der Waals surface area contributed by atoms with Crippen molar-refractivity contribution >= 4 is 17.5 Å². The number of para-hydroxylation sites is 1. The molecule has 0 spiro atoms. The van der Waals surface area contributed by atoms with Crippen molar-refractivity contribution in [3.63, 3.8) is 0 Å². The van der Waals surface area contributed by atoms with E-state index in [9.17, 15) is 4.79 Å². The first kappa shape index (κ1) is 20.5. The van der Waals surface area contributed by atoms with Gasteiger partial charge in [0.2, 0.25) is 0 Å². The third kappa shape index (κ3) is 4.16. The van der Waals surface area contributed by atoms with Crippen LogP contribution in [0.5, 0.6) is 0 Å². The molecule has 162 valence electrons. The number of hydrogen-bond acceptors (Lipinski definition) is 4. The maximum absolute atomic E-state index is 13.2. The predicted molar refractivity (Wildman–Crippen MR) is 123 cm³/mol. The van der Waals surface area contributed by atoms with E-state index in [0.29, 0.717) is 22.8 Å². The quantitative estimate of drug-likeness (QED) is 0.491. The molecule has 0 bridgehead atoms. The van der Waals surface area contributed by atoms with Crippen molar-refractivity contribution < 1.29 is 4.79 Å². The lowest BCUT2D eigenvalue weighted by Gasteiger charge is -2.08. The molecule has 1 N–H and O–H groups in total. The Morgan fingerprint density at radius 3 is 2.62 bits per heavy atom. The number of aryl methyl sites for hydroxylation is 1. The molecule has 0 saturated heterocycles. The van der Waals surface area contributed by atoms with Crippen LogP contribution in [0.1, 0.15) is 41.3 Å². The van der Waals surface area contributed by atoms with Crippen LogP contribution in [0.3, 0.4) is 0 Å². The molecule has 8 heteroatoms. The molecule has 0 saturated carbocycles. The van der Waals surface area contributed by atoms with Crippen LogP contribution >= 0.6 is 11.6 Å². The second-order valence-electron chi connectivity index (χ2n) is 7.86. The van der Waals surface area contributed by atoms with E-state index in [-0.39, 0.29) is 5.91 Å². The topological polar surface area (TPSA) is 77.6 Å². The Balaban J connectivity index is 1.44. The lowest BCUT2D eigenvalue weighted by Crippen LogP contribution is -2.25. The second-order valence-corrected chi connectivity index (χ2v) is 8.29. The van der Waals surface area contributed by atoms with Crippen LogP contribution in [0.25, 0.3) is 16.9 Å². The molecule has 4 aromatic rings. The van der Waals surface area contributed by atoms with E-state index in [2.05, 4.69) is 20.1 Å². The average Bonchev–Trinajstić information content (AvgIpc) is 3.36. The molecule has 2 aromatic heterocycles. The Morgan fingerprint density at radius 2 is 1.81 bits per heavy atom. The maximum atomic E-state index is 13.2. The van der Waals surface area contributed by atoms with Crippen molar-refractivity contribution in [3.05, 3.63) is 83.0 Å². The van der Waals surface area contributed by atoms with Crippen molar-refractivity contribution in [3.8, 4) is 16.9 Å². The summed E-state index contributed by atoms with van der Waals surface area (Å²) in [5.74, 6) is 1.59. The van der Waals surface area contributed by atoms with Crippen LogP contribution in [0.15, 0.2) is 60.8 Å². The van der Waals surface area contributed by atoms with Gasteiger partial charge in [-0.05, 0) is 37.1 Å². The summed E-state index contributed by atoms with van der Waals surface area (Å²) < 4.78 is 3.86. The van der Waals surface area contributed by atoms with Crippen molar-refractivity contribution in [2.45, 2.75) is 38.8 Å². The monoisotopic (exact) mass is 446 g/mol.